The monoisotopic (exact) mass is 330 g/mol. The van der Waals surface area contributed by atoms with Gasteiger partial charge in [0.05, 0.1) is 7.11 Å². The Labute approximate surface area is 133 Å². The van der Waals surface area contributed by atoms with Crippen molar-refractivity contribution in [3.8, 4) is 0 Å². The molecule has 0 fully saturated rings. The predicted molar refractivity (Wildman–Crippen MR) is 80.2 cm³/mol. The molecule has 0 saturated carbocycles. The van der Waals surface area contributed by atoms with Crippen LogP contribution in [0.25, 0.3) is 0 Å². The highest BCUT2D eigenvalue weighted by molar-refractivity contribution is 5.96. The number of hydrogen-bond acceptors (Lipinski definition) is 3. The molecule has 1 aromatic carbocycles. The number of hydrogen-bond donors (Lipinski definition) is 0. The molecule has 0 N–H and O–H groups in total. The zero-order valence-corrected chi connectivity index (χ0v) is 13.1. The van der Waals surface area contributed by atoms with Crippen LogP contribution in [-0.4, -0.2) is 25.0 Å². The summed E-state index contributed by atoms with van der Waals surface area (Å²) >= 11 is 0. The number of alkyl halides is 3. The van der Waals surface area contributed by atoms with Gasteiger partial charge in [-0.2, -0.15) is 13.2 Å². The molecule has 0 unspecified atom stereocenters. The molecule has 0 aromatic heterocycles. The van der Waals surface area contributed by atoms with Crippen LogP contribution in [0.5, 0.6) is 0 Å². The van der Waals surface area contributed by atoms with Crippen molar-refractivity contribution in [2.75, 3.05) is 7.11 Å². The van der Waals surface area contributed by atoms with Gasteiger partial charge in [-0.05, 0) is 31.2 Å². The van der Waals surface area contributed by atoms with Gasteiger partial charge in [-0.1, -0.05) is 24.3 Å². The van der Waals surface area contributed by atoms with E-state index < -0.39 is 12.6 Å². The lowest BCUT2D eigenvalue weighted by atomic mass is 10.0. The van der Waals surface area contributed by atoms with Gasteiger partial charge in [0.2, 0.25) is 0 Å². The average Bonchev–Trinajstić information content (AvgIpc) is 2.51. The standard InChI is InChI=1S/C17H21F3O3/c1-23-16(22)7-4-5-13-8-10-14(11-9-13)15(21)6-2-3-12-17(18,19)20/h8-11H,2-7,12H2,1H3. The van der Waals surface area contributed by atoms with Gasteiger partial charge >= 0.3 is 12.1 Å². The Kier molecular flexibility index (Phi) is 7.78. The maximum absolute atomic E-state index is 12.0. The first kappa shape index (κ1) is 19.2. The van der Waals surface area contributed by atoms with E-state index in [1.807, 2.05) is 0 Å². The van der Waals surface area contributed by atoms with E-state index >= 15 is 0 Å². The van der Waals surface area contributed by atoms with E-state index in [-0.39, 0.29) is 31.0 Å². The van der Waals surface area contributed by atoms with Crippen molar-refractivity contribution in [3.05, 3.63) is 35.4 Å². The lowest BCUT2D eigenvalue weighted by molar-refractivity contribution is -0.140. The number of rotatable bonds is 9. The molecule has 1 rings (SSSR count). The van der Waals surface area contributed by atoms with Crippen LogP contribution in [0.2, 0.25) is 0 Å². The fourth-order valence-electron chi connectivity index (χ4n) is 2.15. The summed E-state index contributed by atoms with van der Waals surface area (Å²) in [6.45, 7) is 0. The molecule has 0 aliphatic rings. The van der Waals surface area contributed by atoms with Crippen molar-refractivity contribution in [1.82, 2.24) is 0 Å². The SMILES string of the molecule is COC(=O)CCCc1ccc(C(=O)CCCCC(F)(F)F)cc1. The van der Waals surface area contributed by atoms with E-state index in [1.54, 1.807) is 24.3 Å². The average molecular weight is 330 g/mol. The van der Waals surface area contributed by atoms with E-state index in [9.17, 15) is 22.8 Å². The molecule has 3 nitrogen and oxygen atoms in total. The molecule has 0 aliphatic carbocycles. The summed E-state index contributed by atoms with van der Waals surface area (Å²) in [4.78, 5) is 22.9. The topological polar surface area (TPSA) is 43.4 Å². The smallest absolute Gasteiger partial charge is 0.389 e. The highest BCUT2D eigenvalue weighted by atomic mass is 19.4. The van der Waals surface area contributed by atoms with Gasteiger partial charge in [-0.15, -0.1) is 0 Å². The molecular formula is C17H21F3O3. The Hall–Kier alpha value is -1.85. The largest absolute Gasteiger partial charge is 0.469 e. The van der Waals surface area contributed by atoms with Crippen LogP contribution < -0.4 is 0 Å². The fraction of sp³-hybridized carbons (Fsp3) is 0.529. The molecular weight excluding hydrogens is 309 g/mol. The number of carbonyl (C=O) groups is 2. The number of esters is 1. The zero-order valence-electron chi connectivity index (χ0n) is 13.1. The molecule has 0 amide bonds. The summed E-state index contributed by atoms with van der Waals surface area (Å²) in [5.41, 5.74) is 1.51. The predicted octanol–water partition coefficient (Wildman–Crippen LogP) is 4.49. The third-order valence-corrected chi connectivity index (χ3v) is 3.46. The van der Waals surface area contributed by atoms with Crippen LogP contribution in [-0.2, 0) is 16.0 Å². The maximum Gasteiger partial charge on any atom is 0.389 e. The molecule has 0 atom stereocenters. The van der Waals surface area contributed by atoms with Crippen LogP contribution >= 0.6 is 0 Å². The van der Waals surface area contributed by atoms with Crippen LogP contribution in [0.4, 0.5) is 13.2 Å². The van der Waals surface area contributed by atoms with Crippen molar-refractivity contribution in [1.29, 1.82) is 0 Å². The van der Waals surface area contributed by atoms with Gasteiger partial charge in [0.15, 0.2) is 5.78 Å². The Morgan fingerprint density at radius 2 is 1.65 bits per heavy atom. The fourth-order valence-corrected chi connectivity index (χ4v) is 2.15. The van der Waals surface area contributed by atoms with E-state index in [1.165, 1.54) is 7.11 Å². The first-order valence-electron chi connectivity index (χ1n) is 7.57. The van der Waals surface area contributed by atoms with Gasteiger partial charge in [-0.3, -0.25) is 9.59 Å². The molecule has 0 bridgehead atoms. The third kappa shape index (κ3) is 8.38. The minimum absolute atomic E-state index is 0.0269. The number of unbranched alkanes of at least 4 members (excludes halogenated alkanes) is 1. The highest BCUT2D eigenvalue weighted by Crippen LogP contribution is 2.23. The summed E-state index contributed by atoms with van der Waals surface area (Å²) in [6.07, 6.45) is -2.96. The zero-order chi connectivity index (χ0) is 17.3. The lowest BCUT2D eigenvalue weighted by Crippen LogP contribution is -2.07. The molecule has 0 spiro atoms. The van der Waals surface area contributed by atoms with Crippen LogP contribution in [0.1, 0.15) is 54.4 Å². The molecule has 23 heavy (non-hydrogen) atoms. The summed E-state index contributed by atoms with van der Waals surface area (Å²) in [6, 6.07) is 6.97. The Morgan fingerprint density at radius 3 is 2.22 bits per heavy atom. The number of Topliss-reactive ketones (excluding diaryl/α,β-unsaturated/α-hetero) is 1. The van der Waals surface area contributed by atoms with Gasteiger partial charge in [-0.25, -0.2) is 0 Å². The summed E-state index contributed by atoms with van der Waals surface area (Å²) in [5, 5.41) is 0. The molecule has 0 radical (unpaired) electrons. The Bertz CT molecular complexity index is 507. The van der Waals surface area contributed by atoms with E-state index in [0.29, 0.717) is 24.8 Å². The van der Waals surface area contributed by atoms with Crippen molar-refractivity contribution in [3.63, 3.8) is 0 Å². The second-order valence-corrected chi connectivity index (χ2v) is 5.37. The van der Waals surface area contributed by atoms with Crippen molar-refractivity contribution in [2.24, 2.45) is 0 Å². The van der Waals surface area contributed by atoms with Crippen LogP contribution in [0, 0.1) is 0 Å². The number of ether oxygens (including phenoxy) is 1. The maximum atomic E-state index is 12.0. The van der Waals surface area contributed by atoms with Gasteiger partial charge in [0.1, 0.15) is 0 Å². The highest BCUT2D eigenvalue weighted by Gasteiger charge is 2.26. The minimum Gasteiger partial charge on any atom is -0.469 e. The molecule has 0 heterocycles. The molecule has 6 heteroatoms. The van der Waals surface area contributed by atoms with Crippen LogP contribution in [0.3, 0.4) is 0 Å². The molecule has 1 aromatic rings. The summed E-state index contributed by atoms with van der Waals surface area (Å²) < 4.78 is 40.6. The summed E-state index contributed by atoms with van der Waals surface area (Å²) in [7, 11) is 1.34. The van der Waals surface area contributed by atoms with Crippen LogP contribution in [0.15, 0.2) is 24.3 Å². The number of aryl methyl sites for hydroxylation is 1. The second kappa shape index (κ2) is 9.33. The quantitative estimate of drug-likeness (QED) is 0.381. The number of ketones is 1. The second-order valence-electron chi connectivity index (χ2n) is 5.37. The van der Waals surface area contributed by atoms with Crippen molar-refractivity contribution < 1.29 is 27.5 Å². The Balaban J connectivity index is 2.34. The first-order chi connectivity index (χ1) is 10.8. The lowest BCUT2D eigenvalue weighted by Gasteiger charge is -2.06. The third-order valence-electron chi connectivity index (χ3n) is 3.46. The van der Waals surface area contributed by atoms with Gasteiger partial charge < -0.3 is 4.74 Å². The van der Waals surface area contributed by atoms with Gasteiger partial charge in [0, 0.05) is 24.8 Å². The summed E-state index contributed by atoms with van der Waals surface area (Å²) in [5.74, 6) is -0.399. The normalized spacial score (nSPS) is 11.3. The number of halogens is 3. The van der Waals surface area contributed by atoms with E-state index in [2.05, 4.69) is 4.74 Å². The van der Waals surface area contributed by atoms with Crippen molar-refractivity contribution >= 4 is 11.8 Å². The van der Waals surface area contributed by atoms with E-state index in [0.717, 1.165) is 5.56 Å². The molecule has 128 valence electrons. The molecule has 0 saturated heterocycles. The van der Waals surface area contributed by atoms with E-state index in [4.69, 9.17) is 0 Å². The molecule has 0 aliphatic heterocycles. The minimum atomic E-state index is -4.16. The number of carbonyl (C=O) groups excluding carboxylic acids is 2. The number of benzene rings is 1. The first-order valence-corrected chi connectivity index (χ1v) is 7.57. The van der Waals surface area contributed by atoms with Gasteiger partial charge in [0.25, 0.3) is 0 Å². The number of methoxy groups -OCH3 is 1. The van der Waals surface area contributed by atoms with Crippen molar-refractivity contribution in [2.45, 2.75) is 51.1 Å². The Morgan fingerprint density at radius 1 is 1.00 bits per heavy atom.